The number of nitro groups is 1. The van der Waals surface area contributed by atoms with Crippen LogP contribution in [0.1, 0.15) is 16.7 Å². The molecule has 0 aliphatic heterocycles. The normalized spacial score (nSPS) is 11.2. The van der Waals surface area contributed by atoms with Gasteiger partial charge in [0.25, 0.3) is 5.69 Å². The standard InChI is InChI=1S/C15H11Cl3N2O3/c1-7-10(6-19-9-3-4-11(16)12(17)5-9)15(21)14(20(22)23)8(2)13(7)18/h3-6,21H,1-2H3/p-1. The summed E-state index contributed by atoms with van der Waals surface area (Å²) in [6, 6.07) is 4.69. The SMILES string of the molecule is Cc1c(Cl)c(C)c([N+](=O)[O-])c([O-])c1C=Nc1ccc(Cl)c(Cl)c1. The lowest BCUT2D eigenvalue weighted by atomic mass is 10.0. The highest BCUT2D eigenvalue weighted by Gasteiger charge is 2.20. The van der Waals surface area contributed by atoms with E-state index in [4.69, 9.17) is 34.8 Å². The van der Waals surface area contributed by atoms with Gasteiger partial charge in [0.05, 0.1) is 25.7 Å². The molecule has 2 aromatic carbocycles. The third kappa shape index (κ3) is 3.42. The van der Waals surface area contributed by atoms with E-state index in [0.29, 0.717) is 21.3 Å². The molecule has 0 aliphatic carbocycles. The molecule has 0 atom stereocenters. The van der Waals surface area contributed by atoms with E-state index in [9.17, 15) is 15.2 Å². The van der Waals surface area contributed by atoms with Gasteiger partial charge in [-0.2, -0.15) is 0 Å². The number of nitrogens with zero attached hydrogens (tertiary/aromatic N) is 2. The summed E-state index contributed by atoms with van der Waals surface area (Å²) in [5.41, 5.74) is 0.557. The molecule has 23 heavy (non-hydrogen) atoms. The van der Waals surface area contributed by atoms with E-state index in [1.807, 2.05) is 0 Å². The molecule has 0 N–H and O–H groups in total. The molecule has 5 nitrogen and oxygen atoms in total. The van der Waals surface area contributed by atoms with Gasteiger partial charge >= 0.3 is 0 Å². The monoisotopic (exact) mass is 371 g/mol. The maximum atomic E-state index is 12.3. The van der Waals surface area contributed by atoms with Crippen molar-refractivity contribution < 1.29 is 10.0 Å². The quantitative estimate of drug-likeness (QED) is 0.432. The first-order valence-corrected chi connectivity index (χ1v) is 7.50. The lowest BCUT2D eigenvalue weighted by Gasteiger charge is -2.17. The topological polar surface area (TPSA) is 78.6 Å². The summed E-state index contributed by atoms with van der Waals surface area (Å²) in [6.45, 7) is 3.05. The van der Waals surface area contributed by atoms with E-state index in [-0.39, 0.29) is 16.1 Å². The minimum Gasteiger partial charge on any atom is -0.867 e. The molecule has 0 bridgehead atoms. The molecular formula is C15H10Cl3N2O3-. The first-order chi connectivity index (χ1) is 10.7. The van der Waals surface area contributed by atoms with Gasteiger partial charge in [-0.1, -0.05) is 34.8 Å². The van der Waals surface area contributed by atoms with Crippen LogP contribution in [-0.2, 0) is 0 Å². The smallest absolute Gasteiger partial charge is 0.266 e. The summed E-state index contributed by atoms with van der Waals surface area (Å²) in [7, 11) is 0. The molecule has 0 amide bonds. The van der Waals surface area contributed by atoms with Gasteiger partial charge in [0.2, 0.25) is 0 Å². The van der Waals surface area contributed by atoms with Gasteiger partial charge in [-0.25, -0.2) is 0 Å². The predicted molar refractivity (Wildman–Crippen MR) is 90.7 cm³/mol. The Morgan fingerprint density at radius 1 is 1.13 bits per heavy atom. The van der Waals surface area contributed by atoms with Gasteiger partial charge < -0.3 is 5.11 Å². The largest absolute Gasteiger partial charge is 0.867 e. The molecule has 2 aromatic rings. The van der Waals surface area contributed by atoms with Gasteiger partial charge in [-0.05, 0) is 48.9 Å². The molecule has 0 aliphatic rings. The Labute approximate surface area is 147 Å². The fraction of sp³-hybridized carbons (Fsp3) is 0.133. The van der Waals surface area contributed by atoms with Crippen molar-refractivity contribution in [1.82, 2.24) is 0 Å². The lowest BCUT2D eigenvalue weighted by molar-refractivity contribution is -0.398. The van der Waals surface area contributed by atoms with E-state index in [1.165, 1.54) is 19.2 Å². The highest BCUT2D eigenvalue weighted by molar-refractivity contribution is 6.42. The van der Waals surface area contributed by atoms with Crippen LogP contribution in [0.2, 0.25) is 15.1 Å². The van der Waals surface area contributed by atoms with Crippen molar-refractivity contribution in [2.75, 3.05) is 0 Å². The van der Waals surface area contributed by atoms with Crippen LogP contribution < -0.4 is 5.11 Å². The zero-order valence-electron chi connectivity index (χ0n) is 12.1. The molecule has 8 heteroatoms. The van der Waals surface area contributed by atoms with E-state index in [1.54, 1.807) is 19.1 Å². The number of benzene rings is 2. The zero-order valence-corrected chi connectivity index (χ0v) is 14.3. The van der Waals surface area contributed by atoms with Gasteiger partial charge in [0.1, 0.15) is 0 Å². The van der Waals surface area contributed by atoms with Crippen molar-refractivity contribution in [3.63, 3.8) is 0 Å². The number of rotatable bonds is 3. The number of hydrogen-bond acceptors (Lipinski definition) is 4. The first-order valence-electron chi connectivity index (χ1n) is 6.37. The van der Waals surface area contributed by atoms with E-state index >= 15 is 0 Å². The molecule has 0 saturated heterocycles. The van der Waals surface area contributed by atoms with Gasteiger partial charge in [-0.15, -0.1) is 0 Å². The highest BCUT2D eigenvalue weighted by atomic mass is 35.5. The van der Waals surface area contributed by atoms with Gasteiger partial charge in [0.15, 0.2) is 0 Å². The minimum absolute atomic E-state index is 0.0679. The van der Waals surface area contributed by atoms with Crippen LogP contribution in [0.4, 0.5) is 11.4 Å². The Balaban J connectivity index is 2.57. The maximum absolute atomic E-state index is 12.3. The second kappa shape index (κ2) is 6.74. The third-order valence-electron chi connectivity index (χ3n) is 3.31. The molecule has 0 aromatic heterocycles. The summed E-state index contributed by atoms with van der Waals surface area (Å²) in [6.07, 6.45) is 1.25. The molecule has 0 spiro atoms. The molecule has 0 unspecified atom stereocenters. The van der Waals surface area contributed by atoms with Crippen LogP contribution in [0.25, 0.3) is 0 Å². The Morgan fingerprint density at radius 2 is 1.78 bits per heavy atom. The van der Waals surface area contributed by atoms with E-state index < -0.39 is 16.4 Å². The fourth-order valence-electron chi connectivity index (χ4n) is 2.05. The third-order valence-corrected chi connectivity index (χ3v) is 4.61. The van der Waals surface area contributed by atoms with Crippen LogP contribution in [0, 0.1) is 24.0 Å². The molecule has 0 radical (unpaired) electrons. The summed E-state index contributed by atoms with van der Waals surface area (Å²) >= 11 is 17.8. The van der Waals surface area contributed by atoms with Crippen molar-refractivity contribution in [3.8, 4) is 5.75 Å². The average molecular weight is 373 g/mol. The van der Waals surface area contributed by atoms with Crippen LogP contribution in [-0.4, -0.2) is 11.1 Å². The number of nitro benzene ring substituents is 1. The molecule has 0 saturated carbocycles. The second-order valence-electron chi connectivity index (χ2n) is 4.77. The van der Waals surface area contributed by atoms with Crippen LogP contribution in [0.3, 0.4) is 0 Å². The fourth-order valence-corrected chi connectivity index (χ4v) is 2.53. The van der Waals surface area contributed by atoms with E-state index in [0.717, 1.165) is 0 Å². The van der Waals surface area contributed by atoms with Gasteiger partial charge in [0, 0.05) is 11.8 Å². The van der Waals surface area contributed by atoms with Crippen molar-refractivity contribution in [2.45, 2.75) is 13.8 Å². The second-order valence-corrected chi connectivity index (χ2v) is 5.96. The maximum Gasteiger partial charge on any atom is 0.266 e. The first kappa shape index (κ1) is 17.5. The molecule has 0 fully saturated rings. The van der Waals surface area contributed by atoms with Crippen molar-refractivity contribution >= 4 is 52.4 Å². The molecule has 0 heterocycles. The summed E-state index contributed by atoms with van der Waals surface area (Å²) in [4.78, 5) is 14.5. The highest BCUT2D eigenvalue weighted by Crippen LogP contribution is 2.38. The Hall–Kier alpha value is -1.82. The summed E-state index contributed by atoms with van der Waals surface area (Å²) in [5, 5.41) is 24.3. The molecular weight excluding hydrogens is 363 g/mol. The lowest BCUT2D eigenvalue weighted by Crippen LogP contribution is -2.07. The van der Waals surface area contributed by atoms with Crippen molar-refractivity contribution in [2.24, 2.45) is 4.99 Å². The number of aliphatic imine (C=N–C) groups is 1. The van der Waals surface area contributed by atoms with Crippen molar-refractivity contribution in [3.05, 3.63) is 60.1 Å². The average Bonchev–Trinajstić information content (AvgIpc) is 2.48. The summed E-state index contributed by atoms with van der Waals surface area (Å²) < 4.78 is 0. The molecule has 120 valence electrons. The Kier molecular flexibility index (Phi) is 5.14. The molecule has 2 rings (SSSR count). The predicted octanol–water partition coefficient (Wildman–Crippen LogP) is 5.00. The van der Waals surface area contributed by atoms with E-state index in [2.05, 4.69) is 4.99 Å². The minimum atomic E-state index is -0.737. The van der Waals surface area contributed by atoms with Crippen LogP contribution in [0.15, 0.2) is 23.2 Å². The van der Waals surface area contributed by atoms with Crippen LogP contribution in [0.5, 0.6) is 5.75 Å². The van der Waals surface area contributed by atoms with Crippen LogP contribution >= 0.6 is 34.8 Å². The van der Waals surface area contributed by atoms with Crippen molar-refractivity contribution in [1.29, 1.82) is 0 Å². The Morgan fingerprint density at radius 3 is 2.35 bits per heavy atom. The summed E-state index contributed by atoms with van der Waals surface area (Å²) in [5.74, 6) is -0.724. The number of halogens is 3. The number of hydrogen-bond donors (Lipinski definition) is 0. The Bertz CT molecular complexity index is 835. The van der Waals surface area contributed by atoms with Gasteiger partial charge in [-0.3, -0.25) is 15.1 Å². The zero-order chi connectivity index (χ0) is 17.3.